The first-order chi connectivity index (χ1) is 20.1. The van der Waals surface area contributed by atoms with E-state index in [1.165, 1.54) is 5.69 Å². The Bertz CT molecular complexity index is 1490. The zero-order chi connectivity index (χ0) is 29.3. The van der Waals surface area contributed by atoms with E-state index in [-0.39, 0.29) is 17.1 Å². The third-order valence-corrected chi connectivity index (χ3v) is 10.1. The number of rotatable bonds is 5. The fourth-order valence-electron chi connectivity index (χ4n) is 7.23. The van der Waals surface area contributed by atoms with Gasteiger partial charge in [0.15, 0.2) is 0 Å². The molecule has 2 fully saturated rings. The van der Waals surface area contributed by atoms with Crippen molar-refractivity contribution >= 4 is 29.0 Å². The maximum absolute atomic E-state index is 11.4. The predicted octanol–water partition coefficient (Wildman–Crippen LogP) is 4.89. The molecule has 0 radical (unpaired) electrons. The number of ether oxygens (including phenoxy) is 1. The third-order valence-electron chi connectivity index (χ3n) is 10.1. The standard InChI is InChI=1S/C33H43N7O2/c1-6-33(41)14-13-22-7-12-27(36-28(22)33)40-26-19-31(2,3)42-21-32(26,4)25-20-34-30(37-29(25)40)35-23-8-10-24(11-9-23)39-17-15-38(5)16-18-39/h7-12,20,26,41H,6,13-19,21H2,1-5H3,(H,34,35,37)/t26-,32-,33-/m1/s1. The average Bonchev–Trinajstić information content (AvgIpc) is 3.44. The maximum atomic E-state index is 11.4. The molecule has 1 aliphatic carbocycles. The van der Waals surface area contributed by atoms with Crippen LogP contribution in [0.2, 0.25) is 0 Å². The summed E-state index contributed by atoms with van der Waals surface area (Å²) in [7, 11) is 2.18. The number of anilines is 5. The Balaban J connectivity index is 1.23. The Morgan fingerprint density at radius 1 is 1.02 bits per heavy atom. The molecule has 2 saturated heterocycles. The fourth-order valence-corrected chi connectivity index (χ4v) is 7.23. The van der Waals surface area contributed by atoms with Gasteiger partial charge in [0.2, 0.25) is 5.95 Å². The number of nitrogens with zero attached hydrogens (tertiary/aromatic N) is 6. The Kier molecular flexibility index (Phi) is 6.49. The van der Waals surface area contributed by atoms with E-state index in [0.717, 1.165) is 79.6 Å². The molecular weight excluding hydrogens is 526 g/mol. The first kappa shape index (κ1) is 27.6. The molecule has 0 bridgehead atoms. The number of fused-ring (bicyclic) bond motifs is 4. The van der Waals surface area contributed by atoms with Crippen molar-refractivity contribution in [2.45, 2.75) is 76.0 Å². The number of piperazine rings is 1. The SMILES string of the molecule is CC[C@@]1(O)CCc2ccc(N3c4nc(Nc5ccc(N6CCN(C)CC6)cc5)ncc4[C@@]4(C)COC(C)(C)C[C@@H]34)nc21. The topological polar surface area (TPSA) is 89.9 Å². The van der Waals surface area contributed by atoms with Crippen LogP contribution in [0.25, 0.3) is 0 Å². The van der Waals surface area contributed by atoms with E-state index < -0.39 is 5.60 Å². The minimum atomic E-state index is -0.874. The van der Waals surface area contributed by atoms with Crippen molar-refractivity contribution in [3.63, 3.8) is 0 Å². The molecule has 3 atom stereocenters. The lowest BCUT2D eigenvalue weighted by Crippen LogP contribution is -2.54. The molecule has 2 aromatic heterocycles. The number of pyridine rings is 1. The summed E-state index contributed by atoms with van der Waals surface area (Å²) in [6.07, 6.45) is 5.02. The predicted molar refractivity (Wildman–Crippen MR) is 166 cm³/mol. The number of benzene rings is 1. The van der Waals surface area contributed by atoms with Crippen LogP contribution in [0.4, 0.5) is 29.0 Å². The Morgan fingerprint density at radius 3 is 2.52 bits per heavy atom. The monoisotopic (exact) mass is 569 g/mol. The largest absolute Gasteiger partial charge is 0.384 e. The minimum absolute atomic E-state index is 0.102. The van der Waals surface area contributed by atoms with Crippen LogP contribution in [0.15, 0.2) is 42.6 Å². The molecular formula is C33H43N7O2. The minimum Gasteiger partial charge on any atom is -0.384 e. The molecule has 42 heavy (non-hydrogen) atoms. The molecule has 222 valence electrons. The van der Waals surface area contributed by atoms with E-state index in [1.807, 2.05) is 13.1 Å². The Hall–Kier alpha value is -3.27. The van der Waals surface area contributed by atoms with E-state index in [0.29, 0.717) is 19.0 Å². The molecule has 0 amide bonds. The molecule has 4 aliphatic rings. The maximum Gasteiger partial charge on any atom is 0.229 e. The van der Waals surface area contributed by atoms with Gasteiger partial charge in [-0.2, -0.15) is 4.98 Å². The quantitative estimate of drug-likeness (QED) is 0.446. The van der Waals surface area contributed by atoms with Gasteiger partial charge in [-0.3, -0.25) is 0 Å². The van der Waals surface area contributed by atoms with E-state index in [1.54, 1.807) is 0 Å². The fraction of sp³-hybridized carbons (Fsp3) is 0.545. The number of aryl methyl sites for hydroxylation is 1. The smallest absolute Gasteiger partial charge is 0.229 e. The summed E-state index contributed by atoms with van der Waals surface area (Å²) in [5.41, 5.74) is 3.80. The third kappa shape index (κ3) is 4.53. The lowest BCUT2D eigenvalue weighted by molar-refractivity contribution is -0.0893. The number of hydrogen-bond acceptors (Lipinski definition) is 9. The van der Waals surface area contributed by atoms with Crippen molar-refractivity contribution in [3.8, 4) is 0 Å². The highest BCUT2D eigenvalue weighted by Gasteiger charge is 2.55. The molecule has 9 heteroatoms. The van der Waals surface area contributed by atoms with Crippen molar-refractivity contribution in [2.24, 2.45) is 0 Å². The molecule has 7 rings (SSSR count). The summed E-state index contributed by atoms with van der Waals surface area (Å²) in [4.78, 5) is 22.1. The lowest BCUT2D eigenvalue weighted by Gasteiger charge is -2.46. The summed E-state index contributed by atoms with van der Waals surface area (Å²) >= 11 is 0. The van der Waals surface area contributed by atoms with Gasteiger partial charge in [-0.05, 0) is 82.5 Å². The van der Waals surface area contributed by atoms with Gasteiger partial charge in [0.1, 0.15) is 17.2 Å². The molecule has 9 nitrogen and oxygen atoms in total. The van der Waals surface area contributed by atoms with Crippen molar-refractivity contribution in [1.29, 1.82) is 0 Å². The van der Waals surface area contributed by atoms with E-state index in [9.17, 15) is 5.11 Å². The Labute approximate surface area is 248 Å². The average molecular weight is 570 g/mol. The van der Waals surface area contributed by atoms with Gasteiger partial charge in [-0.15, -0.1) is 0 Å². The first-order valence-corrected chi connectivity index (χ1v) is 15.4. The van der Waals surface area contributed by atoms with E-state index >= 15 is 0 Å². The molecule has 1 aromatic carbocycles. The Morgan fingerprint density at radius 2 is 1.79 bits per heavy atom. The second-order valence-electron chi connectivity index (χ2n) is 13.5. The second-order valence-corrected chi connectivity index (χ2v) is 13.5. The van der Waals surface area contributed by atoms with Crippen LogP contribution in [0.1, 0.15) is 63.8 Å². The summed E-state index contributed by atoms with van der Waals surface area (Å²) < 4.78 is 6.38. The van der Waals surface area contributed by atoms with Crippen LogP contribution < -0.4 is 15.1 Å². The molecule has 0 unspecified atom stereocenters. The second kappa shape index (κ2) is 9.89. The highest BCUT2D eigenvalue weighted by atomic mass is 16.5. The van der Waals surface area contributed by atoms with E-state index in [4.69, 9.17) is 19.7 Å². The summed E-state index contributed by atoms with van der Waals surface area (Å²) in [5.74, 6) is 2.25. The van der Waals surface area contributed by atoms with Gasteiger partial charge < -0.3 is 29.9 Å². The highest BCUT2D eigenvalue weighted by molar-refractivity contribution is 5.71. The molecule has 2 N–H and O–H groups in total. The molecule has 0 spiro atoms. The normalized spacial score (nSPS) is 28.4. The van der Waals surface area contributed by atoms with Gasteiger partial charge in [-0.25, -0.2) is 9.97 Å². The van der Waals surface area contributed by atoms with Gasteiger partial charge in [0, 0.05) is 54.7 Å². The lowest BCUT2D eigenvalue weighted by atomic mass is 9.73. The van der Waals surface area contributed by atoms with Crippen LogP contribution in [0, 0.1) is 0 Å². The van der Waals surface area contributed by atoms with Crippen LogP contribution in [0.5, 0.6) is 0 Å². The van der Waals surface area contributed by atoms with Crippen molar-refractivity contribution < 1.29 is 9.84 Å². The zero-order valence-corrected chi connectivity index (χ0v) is 25.5. The van der Waals surface area contributed by atoms with Gasteiger partial charge in [0.05, 0.1) is 23.9 Å². The van der Waals surface area contributed by atoms with Gasteiger partial charge in [0.25, 0.3) is 0 Å². The number of aliphatic hydroxyl groups is 1. The number of nitrogens with one attached hydrogen (secondary N) is 1. The van der Waals surface area contributed by atoms with E-state index in [2.05, 4.69) is 84.2 Å². The van der Waals surface area contributed by atoms with Crippen LogP contribution in [-0.4, -0.2) is 76.4 Å². The zero-order valence-electron chi connectivity index (χ0n) is 25.5. The summed E-state index contributed by atoms with van der Waals surface area (Å²) in [6, 6.07) is 12.9. The van der Waals surface area contributed by atoms with Crippen LogP contribution in [-0.2, 0) is 22.2 Å². The molecule has 3 aliphatic heterocycles. The number of hydrogen-bond donors (Lipinski definition) is 2. The number of likely N-dealkylation sites (N-methyl/N-ethyl adjacent to an activating group) is 1. The van der Waals surface area contributed by atoms with Crippen LogP contribution in [0.3, 0.4) is 0 Å². The molecule has 3 aromatic rings. The number of aromatic nitrogens is 3. The van der Waals surface area contributed by atoms with Gasteiger partial charge >= 0.3 is 0 Å². The summed E-state index contributed by atoms with van der Waals surface area (Å²) in [5, 5.41) is 14.8. The first-order valence-electron chi connectivity index (χ1n) is 15.4. The molecule has 0 saturated carbocycles. The van der Waals surface area contributed by atoms with Crippen molar-refractivity contribution in [3.05, 3.63) is 59.4 Å². The van der Waals surface area contributed by atoms with Crippen molar-refractivity contribution in [2.75, 3.05) is 55.0 Å². The van der Waals surface area contributed by atoms with Gasteiger partial charge in [-0.1, -0.05) is 19.9 Å². The molecule has 5 heterocycles. The highest BCUT2D eigenvalue weighted by Crippen LogP contribution is 2.53. The van der Waals surface area contributed by atoms with Crippen molar-refractivity contribution in [1.82, 2.24) is 19.9 Å². The van der Waals surface area contributed by atoms with Crippen LogP contribution >= 0.6 is 0 Å². The summed E-state index contributed by atoms with van der Waals surface area (Å²) in [6.45, 7) is 13.4.